The number of amides is 1. The maximum absolute atomic E-state index is 11.3. The first-order valence-corrected chi connectivity index (χ1v) is 6.68. The molecule has 1 unspecified atom stereocenters. The van der Waals surface area contributed by atoms with Gasteiger partial charge in [-0.15, -0.1) is 0 Å². The number of hydrogen-bond acceptors (Lipinski definition) is 6. The van der Waals surface area contributed by atoms with Crippen molar-refractivity contribution in [3.63, 3.8) is 0 Å². The van der Waals surface area contributed by atoms with Crippen LogP contribution in [0.1, 0.15) is 13.3 Å². The molecule has 1 amide bonds. The van der Waals surface area contributed by atoms with Crippen LogP contribution < -0.4 is 16.0 Å². The maximum Gasteiger partial charge on any atom is 0.226 e. The molecule has 0 spiro atoms. The van der Waals surface area contributed by atoms with Gasteiger partial charge in [0.15, 0.2) is 5.65 Å². The summed E-state index contributed by atoms with van der Waals surface area (Å²) in [6.07, 6.45) is 2.47. The van der Waals surface area contributed by atoms with Crippen LogP contribution in [-0.4, -0.2) is 45.7 Å². The number of fused-ring (bicyclic) bond motifs is 1. The second-order valence-electron chi connectivity index (χ2n) is 4.87. The van der Waals surface area contributed by atoms with Crippen molar-refractivity contribution in [2.24, 2.45) is 11.7 Å². The van der Waals surface area contributed by atoms with Gasteiger partial charge in [-0.05, 0) is 13.3 Å². The molecular formula is C12H17N7O. The Morgan fingerprint density at radius 2 is 2.45 bits per heavy atom. The van der Waals surface area contributed by atoms with Crippen molar-refractivity contribution in [2.45, 2.75) is 13.3 Å². The van der Waals surface area contributed by atoms with Gasteiger partial charge in [-0.2, -0.15) is 15.1 Å². The number of carbonyl (C=O) groups is 1. The van der Waals surface area contributed by atoms with Gasteiger partial charge in [-0.25, -0.2) is 0 Å². The lowest BCUT2D eigenvalue weighted by Gasteiger charge is -2.18. The van der Waals surface area contributed by atoms with Gasteiger partial charge in [-0.1, -0.05) is 0 Å². The summed E-state index contributed by atoms with van der Waals surface area (Å²) in [7, 11) is 0. The zero-order valence-electron chi connectivity index (χ0n) is 11.3. The molecule has 0 aliphatic carbocycles. The Hall–Kier alpha value is -2.38. The predicted molar refractivity (Wildman–Crippen MR) is 75.4 cm³/mol. The molecule has 1 fully saturated rings. The molecule has 8 heteroatoms. The van der Waals surface area contributed by atoms with E-state index < -0.39 is 0 Å². The summed E-state index contributed by atoms with van der Waals surface area (Å²) in [5, 5.41) is 10.8. The molecule has 3 heterocycles. The van der Waals surface area contributed by atoms with Gasteiger partial charge >= 0.3 is 0 Å². The van der Waals surface area contributed by atoms with Crippen molar-refractivity contribution in [3.8, 4) is 0 Å². The monoisotopic (exact) mass is 275 g/mol. The van der Waals surface area contributed by atoms with Gasteiger partial charge in [0.25, 0.3) is 0 Å². The van der Waals surface area contributed by atoms with Gasteiger partial charge in [0.05, 0.1) is 17.5 Å². The number of primary amides is 1. The van der Waals surface area contributed by atoms with E-state index in [9.17, 15) is 4.79 Å². The number of rotatable bonds is 4. The molecule has 8 nitrogen and oxygen atoms in total. The molecule has 3 rings (SSSR count). The Morgan fingerprint density at radius 3 is 3.15 bits per heavy atom. The molecule has 0 bridgehead atoms. The molecule has 4 N–H and O–H groups in total. The second kappa shape index (κ2) is 4.95. The molecule has 2 aromatic heterocycles. The van der Waals surface area contributed by atoms with E-state index in [0.29, 0.717) is 18.1 Å². The van der Waals surface area contributed by atoms with Crippen LogP contribution in [0.3, 0.4) is 0 Å². The van der Waals surface area contributed by atoms with Crippen LogP contribution in [0.2, 0.25) is 0 Å². The largest absolute Gasteiger partial charge is 0.369 e. The highest BCUT2D eigenvalue weighted by Gasteiger charge is 2.29. The van der Waals surface area contributed by atoms with Crippen LogP contribution in [0.4, 0.5) is 11.8 Å². The van der Waals surface area contributed by atoms with E-state index in [-0.39, 0.29) is 11.8 Å². The minimum absolute atomic E-state index is 0.116. The normalized spacial score (nSPS) is 18.6. The van der Waals surface area contributed by atoms with Crippen LogP contribution in [0, 0.1) is 5.92 Å². The average molecular weight is 275 g/mol. The van der Waals surface area contributed by atoms with Crippen LogP contribution in [0.5, 0.6) is 0 Å². The molecule has 1 atom stereocenters. The highest BCUT2D eigenvalue weighted by Crippen LogP contribution is 2.28. The summed E-state index contributed by atoms with van der Waals surface area (Å²) in [4.78, 5) is 22.2. The highest BCUT2D eigenvalue weighted by molar-refractivity contribution is 5.88. The summed E-state index contributed by atoms with van der Waals surface area (Å²) in [5.41, 5.74) is 6.07. The van der Waals surface area contributed by atoms with E-state index in [4.69, 9.17) is 5.73 Å². The van der Waals surface area contributed by atoms with E-state index in [2.05, 4.69) is 30.4 Å². The summed E-state index contributed by atoms with van der Waals surface area (Å²) in [5.74, 6) is 0.983. The van der Waals surface area contributed by atoms with Crippen molar-refractivity contribution in [1.29, 1.82) is 0 Å². The van der Waals surface area contributed by atoms with Crippen molar-refractivity contribution >= 4 is 28.7 Å². The Balaban J connectivity index is 1.97. The molecule has 1 aliphatic heterocycles. The van der Waals surface area contributed by atoms with E-state index in [1.54, 1.807) is 6.20 Å². The molecule has 0 saturated carbocycles. The molecule has 106 valence electrons. The standard InChI is InChI=1S/C12H17N7O/c1-2-14-12-16-10-8(5-15-18-10)11(17-12)19-4-3-7(6-19)9(13)20/h5,7H,2-4,6H2,1H3,(H2,13,20)(H2,14,15,16,17,18). The van der Waals surface area contributed by atoms with Crippen LogP contribution in [0.15, 0.2) is 6.20 Å². The molecule has 0 aromatic carbocycles. The number of aromatic amines is 1. The number of nitrogens with zero attached hydrogens (tertiary/aromatic N) is 4. The summed E-state index contributed by atoms with van der Waals surface area (Å²) < 4.78 is 0. The van der Waals surface area contributed by atoms with Gasteiger partial charge in [-0.3, -0.25) is 9.89 Å². The first-order valence-electron chi connectivity index (χ1n) is 6.68. The molecule has 2 aromatic rings. The number of aromatic nitrogens is 4. The van der Waals surface area contributed by atoms with Crippen molar-refractivity contribution < 1.29 is 4.79 Å². The molecule has 1 saturated heterocycles. The van der Waals surface area contributed by atoms with E-state index in [0.717, 1.165) is 30.7 Å². The number of H-pyrrole nitrogens is 1. The summed E-state index contributed by atoms with van der Waals surface area (Å²) >= 11 is 0. The maximum atomic E-state index is 11.3. The highest BCUT2D eigenvalue weighted by atomic mass is 16.1. The topological polar surface area (TPSA) is 113 Å². The second-order valence-corrected chi connectivity index (χ2v) is 4.87. The van der Waals surface area contributed by atoms with E-state index in [1.165, 1.54) is 0 Å². The predicted octanol–water partition coefficient (Wildman–Crippen LogP) is 0.0963. The van der Waals surface area contributed by atoms with Gasteiger partial charge in [0, 0.05) is 19.6 Å². The van der Waals surface area contributed by atoms with Gasteiger partial charge in [0.1, 0.15) is 5.82 Å². The van der Waals surface area contributed by atoms with Gasteiger partial charge < -0.3 is 16.0 Å². The Kier molecular flexibility index (Phi) is 3.13. The number of anilines is 2. The number of carbonyl (C=O) groups excluding carboxylic acids is 1. The third kappa shape index (κ3) is 2.13. The Labute approximate surface area is 115 Å². The zero-order valence-corrected chi connectivity index (χ0v) is 11.3. The molecule has 0 radical (unpaired) electrons. The number of nitrogens with two attached hydrogens (primary N) is 1. The minimum atomic E-state index is -0.253. The zero-order chi connectivity index (χ0) is 14.1. The van der Waals surface area contributed by atoms with Crippen molar-refractivity contribution in [2.75, 3.05) is 29.9 Å². The Morgan fingerprint density at radius 1 is 1.60 bits per heavy atom. The lowest BCUT2D eigenvalue weighted by Crippen LogP contribution is -2.28. The lowest BCUT2D eigenvalue weighted by atomic mass is 10.1. The van der Waals surface area contributed by atoms with Crippen LogP contribution in [-0.2, 0) is 4.79 Å². The molecular weight excluding hydrogens is 258 g/mol. The van der Waals surface area contributed by atoms with Crippen molar-refractivity contribution in [1.82, 2.24) is 20.2 Å². The van der Waals surface area contributed by atoms with Crippen molar-refractivity contribution in [3.05, 3.63) is 6.20 Å². The number of nitrogens with one attached hydrogen (secondary N) is 2. The minimum Gasteiger partial charge on any atom is -0.369 e. The first-order chi connectivity index (χ1) is 9.69. The first kappa shape index (κ1) is 12.6. The third-order valence-electron chi connectivity index (χ3n) is 3.51. The fourth-order valence-corrected chi connectivity index (χ4v) is 2.48. The fourth-order valence-electron chi connectivity index (χ4n) is 2.48. The molecule has 20 heavy (non-hydrogen) atoms. The molecule has 1 aliphatic rings. The smallest absolute Gasteiger partial charge is 0.226 e. The SMILES string of the molecule is CCNc1nc(N2CCC(C(N)=O)C2)c2cn[nH]c2n1. The van der Waals surface area contributed by atoms with Gasteiger partial charge in [0.2, 0.25) is 11.9 Å². The summed E-state index contributed by atoms with van der Waals surface area (Å²) in [6, 6.07) is 0. The van der Waals surface area contributed by atoms with Crippen LogP contribution in [0.25, 0.3) is 11.0 Å². The lowest BCUT2D eigenvalue weighted by molar-refractivity contribution is -0.121. The number of hydrogen-bond donors (Lipinski definition) is 3. The Bertz CT molecular complexity index is 638. The van der Waals surface area contributed by atoms with E-state index >= 15 is 0 Å². The van der Waals surface area contributed by atoms with Crippen LogP contribution >= 0.6 is 0 Å². The van der Waals surface area contributed by atoms with E-state index in [1.807, 2.05) is 6.92 Å². The quantitative estimate of drug-likeness (QED) is 0.729. The summed E-state index contributed by atoms with van der Waals surface area (Å²) in [6.45, 7) is 4.08. The average Bonchev–Trinajstić information content (AvgIpc) is 3.07. The third-order valence-corrected chi connectivity index (χ3v) is 3.51. The fraction of sp³-hybridized carbons (Fsp3) is 0.500.